The Bertz CT molecular complexity index is 734. The molecule has 0 fully saturated rings. The van der Waals surface area contributed by atoms with Crippen LogP contribution < -0.4 is 11.1 Å². The molecule has 3 N–H and O–H groups in total. The van der Waals surface area contributed by atoms with Gasteiger partial charge in [-0.15, -0.1) is 11.3 Å². The van der Waals surface area contributed by atoms with E-state index >= 15 is 0 Å². The van der Waals surface area contributed by atoms with Crippen LogP contribution in [0.3, 0.4) is 0 Å². The first kappa shape index (κ1) is 12.7. The van der Waals surface area contributed by atoms with Crippen LogP contribution in [0, 0.1) is 0 Å². The summed E-state index contributed by atoms with van der Waals surface area (Å²) in [7, 11) is 0. The van der Waals surface area contributed by atoms with Crippen LogP contribution in [0.15, 0.2) is 41.1 Å². The average Bonchev–Trinajstić information content (AvgIpc) is 3.08. The number of thiophene rings is 1. The maximum Gasteiger partial charge on any atom is 0.263 e. The molecule has 0 aliphatic heterocycles. The third-order valence-corrected chi connectivity index (χ3v) is 4.08. The van der Waals surface area contributed by atoms with Gasteiger partial charge in [-0.3, -0.25) is 9.78 Å². The van der Waals surface area contributed by atoms with E-state index in [2.05, 4.69) is 10.3 Å². The van der Waals surface area contributed by atoms with E-state index < -0.39 is 0 Å². The predicted molar refractivity (Wildman–Crippen MR) is 78.8 cm³/mol. The first-order chi connectivity index (χ1) is 9.75. The molecule has 20 heavy (non-hydrogen) atoms. The monoisotopic (exact) mass is 287 g/mol. The molecule has 102 valence electrons. The summed E-state index contributed by atoms with van der Waals surface area (Å²) in [5.41, 5.74) is 7.11. The lowest BCUT2D eigenvalue weighted by molar-refractivity contribution is 0.0958. The highest BCUT2D eigenvalue weighted by atomic mass is 32.1. The largest absolute Gasteiger partial charge is 0.469 e. The van der Waals surface area contributed by atoms with Crippen LogP contribution in [0.4, 0.5) is 5.69 Å². The molecular weight excluding hydrogens is 274 g/mol. The molecule has 6 heteroatoms. The van der Waals surface area contributed by atoms with Gasteiger partial charge in [0.25, 0.3) is 5.91 Å². The Kier molecular flexibility index (Phi) is 3.39. The molecule has 0 aromatic carbocycles. The van der Waals surface area contributed by atoms with Crippen molar-refractivity contribution >= 4 is 33.1 Å². The van der Waals surface area contributed by atoms with Gasteiger partial charge >= 0.3 is 0 Å². The highest BCUT2D eigenvalue weighted by molar-refractivity contribution is 7.21. The molecule has 0 unspecified atom stereocenters. The number of rotatable bonds is 4. The molecule has 3 heterocycles. The van der Waals surface area contributed by atoms with Crippen LogP contribution in [0.2, 0.25) is 0 Å². The Morgan fingerprint density at radius 3 is 3.05 bits per heavy atom. The second kappa shape index (κ2) is 5.34. The van der Waals surface area contributed by atoms with E-state index in [-0.39, 0.29) is 5.91 Å². The number of nitrogens with two attached hydrogens (primary N) is 1. The zero-order valence-electron chi connectivity index (χ0n) is 10.6. The van der Waals surface area contributed by atoms with Crippen molar-refractivity contribution in [3.05, 3.63) is 47.4 Å². The van der Waals surface area contributed by atoms with Crippen LogP contribution >= 0.6 is 11.3 Å². The minimum absolute atomic E-state index is 0.169. The molecule has 0 aliphatic carbocycles. The normalized spacial score (nSPS) is 10.8. The highest BCUT2D eigenvalue weighted by Gasteiger charge is 2.16. The lowest BCUT2D eigenvalue weighted by atomic mass is 10.3. The molecule has 3 aromatic heterocycles. The number of nitrogens with zero attached hydrogens (tertiary/aromatic N) is 1. The molecule has 0 atom stereocenters. The third kappa shape index (κ3) is 2.37. The fraction of sp³-hybridized carbons (Fsp3) is 0.143. The number of hydrogen-bond acceptors (Lipinski definition) is 5. The van der Waals surface area contributed by atoms with Crippen LogP contribution in [-0.2, 0) is 6.42 Å². The second-order valence-corrected chi connectivity index (χ2v) is 5.33. The number of anilines is 1. The van der Waals surface area contributed by atoms with Crippen LogP contribution in [-0.4, -0.2) is 17.4 Å². The van der Waals surface area contributed by atoms with Gasteiger partial charge < -0.3 is 15.5 Å². The maximum absolute atomic E-state index is 12.1. The number of furan rings is 1. The van der Waals surface area contributed by atoms with E-state index in [1.54, 1.807) is 12.5 Å². The van der Waals surface area contributed by atoms with Gasteiger partial charge in [0.1, 0.15) is 16.2 Å². The molecule has 3 rings (SSSR count). The van der Waals surface area contributed by atoms with E-state index in [1.807, 2.05) is 24.3 Å². The lowest BCUT2D eigenvalue weighted by Crippen LogP contribution is -2.25. The average molecular weight is 287 g/mol. The summed E-state index contributed by atoms with van der Waals surface area (Å²) in [6.45, 7) is 0.507. The SMILES string of the molecule is Nc1c(C(=O)NCCc2ccco2)sc2cccnc12. The number of aromatic nitrogens is 1. The molecule has 0 spiro atoms. The molecule has 0 saturated heterocycles. The van der Waals surface area contributed by atoms with Crippen LogP contribution in [0.1, 0.15) is 15.4 Å². The van der Waals surface area contributed by atoms with E-state index in [1.165, 1.54) is 11.3 Å². The minimum Gasteiger partial charge on any atom is -0.469 e. The maximum atomic E-state index is 12.1. The van der Waals surface area contributed by atoms with Crippen LogP contribution in [0.5, 0.6) is 0 Å². The van der Waals surface area contributed by atoms with Crippen LogP contribution in [0.25, 0.3) is 10.2 Å². The number of nitrogens with one attached hydrogen (secondary N) is 1. The molecule has 0 aliphatic rings. The van der Waals surface area contributed by atoms with Crippen molar-refractivity contribution in [2.75, 3.05) is 12.3 Å². The van der Waals surface area contributed by atoms with Gasteiger partial charge in [0.15, 0.2) is 0 Å². The summed E-state index contributed by atoms with van der Waals surface area (Å²) in [6.07, 6.45) is 3.94. The van der Waals surface area contributed by atoms with E-state index in [0.29, 0.717) is 29.0 Å². The molecule has 5 nitrogen and oxygen atoms in total. The number of amides is 1. The van der Waals surface area contributed by atoms with Gasteiger partial charge in [-0.25, -0.2) is 0 Å². The van der Waals surface area contributed by atoms with Crippen molar-refractivity contribution in [2.24, 2.45) is 0 Å². The summed E-state index contributed by atoms with van der Waals surface area (Å²) >= 11 is 1.36. The number of pyridine rings is 1. The lowest BCUT2D eigenvalue weighted by Gasteiger charge is -2.02. The van der Waals surface area contributed by atoms with E-state index in [0.717, 1.165) is 10.5 Å². The van der Waals surface area contributed by atoms with Gasteiger partial charge in [-0.2, -0.15) is 0 Å². The predicted octanol–water partition coefficient (Wildman–Crippen LogP) is 2.44. The molecule has 0 bridgehead atoms. The first-order valence-electron chi connectivity index (χ1n) is 6.19. The summed E-state index contributed by atoms with van der Waals surface area (Å²) < 4.78 is 6.13. The van der Waals surface area contributed by atoms with Crippen molar-refractivity contribution in [3.8, 4) is 0 Å². The standard InChI is InChI=1S/C14H13N3O2S/c15-11-12-10(4-1-6-16-12)20-13(11)14(18)17-7-5-9-3-2-8-19-9/h1-4,6,8H,5,7,15H2,(H,17,18). The number of hydrogen-bond donors (Lipinski definition) is 2. The molecule has 3 aromatic rings. The minimum atomic E-state index is -0.169. The second-order valence-electron chi connectivity index (χ2n) is 4.28. The number of carbonyl (C=O) groups excluding carboxylic acids is 1. The van der Waals surface area contributed by atoms with E-state index in [9.17, 15) is 4.79 Å². The smallest absolute Gasteiger partial charge is 0.263 e. The van der Waals surface area contributed by atoms with Gasteiger partial charge in [0.05, 0.1) is 16.7 Å². The first-order valence-corrected chi connectivity index (χ1v) is 7.01. The number of fused-ring (bicyclic) bond motifs is 1. The molecular formula is C14H13N3O2S. The zero-order valence-corrected chi connectivity index (χ0v) is 11.4. The van der Waals surface area contributed by atoms with Crippen molar-refractivity contribution < 1.29 is 9.21 Å². The summed E-state index contributed by atoms with van der Waals surface area (Å²) in [4.78, 5) is 16.8. The summed E-state index contributed by atoms with van der Waals surface area (Å²) in [6, 6.07) is 7.44. The summed E-state index contributed by atoms with van der Waals surface area (Å²) in [5, 5.41) is 2.84. The topological polar surface area (TPSA) is 81.2 Å². The third-order valence-electron chi connectivity index (χ3n) is 2.93. The highest BCUT2D eigenvalue weighted by Crippen LogP contribution is 2.31. The Hall–Kier alpha value is -2.34. The van der Waals surface area contributed by atoms with Crippen molar-refractivity contribution in [2.45, 2.75) is 6.42 Å². The number of nitrogen functional groups attached to an aromatic ring is 1. The Labute approximate surface area is 119 Å². The van der Waals surface area contributed by atoms with E-state index in [4.69, 9.17) is 10.2 Å². The Morgan fingerprint density at radius 2 is 2.30 bits per heavy atom. The Morgan fingerprint density at radius 1 is 1.40 bits per heavy atom. The van der Waals surface area contributed by atoms with Gasteiger partial charge in [0, 0.05) is 19.2 Å². The van der Waals surface area contributed by atoms with Gasteiger partial charge in [-0.1, -0.05) is 0 Å². The Balaban J connectivity index is 1.71. The van der Waals surface area contributed by atoms with Crippen molar-refractivity contribution in [3.63, 3.8) is 0 Å². The van der Waals surface area contributed by atoms with Gasteiger partial charge in [-0.05, 0) is 24.3 Å². The fourth-order valence-electron chi connectivity index (χ4n) is 1.95. The quantitative estimate of drug-likeness (QED) is 0.772. The van der Waals surface area contributed by atoms with Crippen molar-refractivity contribution in [1.29, 1.82) is 0 Å². The zero-order chi connectivity index (χ0) is 13.9. The molecule has 0 saturated carbocycles. The fourth-order valence-corrected chi connectivity index (χ4v) is 2.95. The van der Waals surface area contributed by atoms with Crippen molar-refractivity contribution in [1.82, 2.24) is 10.3 Å². The summed E-state index contributed by atoms with van der Waals surface area (Å²) in [5.74, 6) is 0.674. The molecule has 1 amide bonds. The van der Waals surface area contributed by atoms with Gasteiger partial charge in [0.2, 0.25) is 0 Å². The molecule has 0 radical (unpaired) electrons. The number of carbonyl (C=O) groups is 1.